The molecule has 134 valence electrons. The Labute approximate surface area is 141 Å². The van der Waals surface area contributed by atoms with E-state index in [1.807, 2.05) is 12.2 Å². The standard InChI is InChI=1S/C19H34O4/c1-3-5-7-9-10-11-13-17-23-19(21)15-14-18(20)22-16-12-8-6-4-2/h6,8H,3-5,7,9-17H2,1-2H3/b8-6-. The van der Waals surface area contributed by atoms with Gasteiger partial charge in [0.1, 0.15) is 0 Å². The summed E-state index contributed by atoms with van der Waals surface area (Å²) in [6.45, 7) is 5.10. The number of esters is 2. The normalized spacial score (nSPS) is 10.9. The number of rotatable bonds is 15. The van der Waals surface area contributed by atoms with Gasteiger partial charge in [0.15, 0.2) is 0 Å². The summed E-state index contributed by atoms with van der Waals surface area (Å²) in [6, 6.07) is 0. The molecule has 0 atom stereocenters. The Morgan fingerprint density at radius 1 is 0.739 bits per heavy atom. The predicted molar refractivity (Wildman–Crippen MR) is 93.2 cm³/mol. The van der Waals surface area contributed by atoms with E-state index in [0.717, 1.165) is 25.7 Å². The molecule has 0 N–H and O–H groups in total. The molecule has 4 nitrogen and oxygen atoms in total. The highest BCUT2D eigenvalue weighted by atomic mass is 16.5. The van der Waals surface area contributed by atoms with Crippen LogP contribution in [0.15, 0.2) is 12.2 Å². The lowest BCUT2D eigenvalue weighted by Crippen LogP contribution is -2.11. The van der Waals surface area contributed by atoms with E-state index in [1.54, 1.807) is 0 Å². The molecule has 0 aliphatic rings. The molecule has 23 heavy (non-hydrogen) atoms. The lowest BCUT2D eigenvalue weighted by atomic mass is 10.1. The van der Waals surface area contributed by atoms with Crippen LogP contribution in [0.4, 0.5) is 0 Å². The number of allylic oxidation sites excluding steroid dienone is 1. The van der Waals surface area contributed by atoms with Crippen molar-refractivity contribution in [3.05, 3.63) is 12.2 Å². The monoisotopic (exact) mass is 326 g/mol. The molecule has 0 aromatic heterocycles. The average Bonchev–Trinajstić information content (AvgIpc) is 2.55. The Balaban J connectivity index is 3.38. The molecular formula is C19H34O4. The second-order valence-corrected chi connectivity index (χ2v) is 5.73. The highest BCUT2D eigenvalue weighted by Gasteiger charge is 2.08. The van der Waals surface area contributed by atoms with E-state index >= 15 is 0 Å². The van der Waals surface area contributed by atoms with Gasteiger partial charge in [0.2, 0.25) is 0 Å². The van der Waals surface area contributed by atoms with Gasteiger partial charge in [-0.25, -0.2) is 0 Å². The number of carbonyl (C=O) groups is 2. The van der Waals surface area contributed by atoms with E-state index in [2.05, 4.69) is 13.8 Å². The molecular weight excluding hydrogens is 292 g/mol. The van der Waals surface area contributed by atoms with Gasteiger partial charge >= 0.3 is 11.9 Å². The average molecular weight is 326 g/mol. The molecule has 0 radical (unpaired) electrons. The van der Waals surface area contributed by atoms with E-state index < -0.39 is 0 Å². The van der Waals surface area contributed by atoms with Crippen molar-refractivity contribution < 1.29 is 19.1 Å². The maximum atomic E-state index is 11.5. The van der Waals surface area contributed by atoms with Crippen LogP contribution in [0.5, 0.6) is 0 Å². The van der Waals surface area contributed by atoms with E-state index in [4.69, 9.17) is 9.47 Å². The zero-order valence-corrected chi connectivity index (χ0v) is 15.0. The summed E-state index contributed by atoms with van der Waals surface area (Å²) in [5.74, 6) is -0.637. The Morgan fingerprint density at radius 2 is 1.30 bits per heavy atom. The summed E-state index contributed by atoms with van der Waals surface area (Å²) < 4.78 is 10.2. The Kier molecular flexibility index (Phi) is 16.1. The van der Waals surface area contributed by atoms with Crippen LogP contribution in [-0.4, -0.2) is 25.2 Å². The van der Waals surface area contributed by atoms with E-state index in [1.165, 1.54) is 32.1 Å². The first-order valence-corrected chi connectivity index (χ1v) is 9.16. The highest BCUT2D eigenvalue weighted by Crippen LogP contribution is 2.07. The number of carbonyl (C=O) groups excluding carboxylic acids is 2. The third kappa shape index (κ3) is 16.9. The van der Waals surface area contributed by atoms with Gasteiger partial charge in [-0.3, -0.25) is 9.59 Å². The first-order chi connectivity index (χ1) is 11.2. The van der Waals surface area contributed by atoms with Crippen LogP contribution >= 0.6 is 0 Å². The zero-order chi connectivity index (χ0) is 17.2. The largest absolute Gasteiger partial charge is 0.466 e. The summed E-state index contributed by atoms with van der Waals surface area (Å²) in [5, 5.41) is 0. The minimum atomic E-state index is -0.331. The molecule has 0 aromatic carbocycles. The van der Waals surface area contributed by atoms with Gasteiger partial charge in [0, 0.05) is 0 Å². The molecule has 0 spiro atoms. The van der Waals surface area contributed by atoms with Crippen molar-refractivity contribution in [2.24, 2.45) is 0 Å². The molecule has 4 heteroatoms. The van der Waals surface area contributed by atoms with Crippen LogP contribution < -0.4 is 0 Å². The van der Waals surface area contributed by atoms with Crippen LogP contribution in [0.25, 0.3) is 0 Å². The lowest BCUT2D eigenvalue weighted by molar-refractivity contribution is -0.150. The number of hydrogen-bond acceptors (Lipinski definition) is 4. The Morgan fingerprint density at radius 3 is 1.91 bits per heavy atom. The topological polar surface area (TPSA) is 52.6 Å². The molecule has 0 saturated heterocycles. The van der Waals surface area contributed by atoms with Crippen molar-refractivity contribution in [1.82, 2.24) is 0 Å². The lowest BCUT2D eigenvalue weighted by Gasteiger charge is -2.05. The molecule has 0 rings (SSSR count). The minimum absolute atomic E-state index is 0.105. The van der Waals surface area contributed by atoms with Crippen LogP contribution in [0.3, 0.4) is 0 Å². The van der Waals surface area contributed by atoms with Crippen molar-refractivity contribution >= 4 is 11.9 Å². The fourth-order valence-electron chi connectivity index (χ4n) is 2.12. The molecule has 0 bridgehead atoms. The van der Waals surface area contributed by atoms with Gasteiger partial charge in [-0.15, -0.1) is 0 Å². The van der Waals surface area contributed by atoms with Gasteiger partial charge in [-0.1, -0.05) is 64.5 Å². The first-order valence-electron chi connectivity index (χ1n) is 9.16. The van der Waals surface area contributed by atoms with Gasteiger partial charge in [0.05, 0.1) is 26.1 Å². The van der Waals surface area contributed by atoms with Crippen molar-refractivity contribution in [3.8, 4) is 0 Å². The van der Waals surface area contributed by atoms with Gasteiger partial charge < -0.3 is 9.47 Å². The summed E-state index contributed by atoms with van der Waals surface area (Å²) in [7, 11) is 0. The van der Waals surface area contributed by atoms with Crippen molar-refractivity contribution in [2.75, 3.05) is 13.2 Å². The molecule has 0 amide bonds. The predicted octanol–water partition coefficient (Wildman–Crippen LogP) is 4.96. The van der Waals surface area contributed by atoms with Crippen molar-refractivity contribution in [3.63, 3.8) is 0 Å². The third-order valence-corrected chi connectivity index (χ3v) is 3.49. The number of unbranched alkanes of at least 4 members (excludes halogenated alkanes) is 6. The minimum Gasteiger partial charge on any atom is -0.466 e. The second-order valence-electron chi connectivity index (χ2n) is 5.73. The molecule has 0 aliphatic carbocycles. The summed E-state index contributed by atoms with van der Waals surface area (Å²) in [6.07, 6.45) is 14.3. The first kappa shape index (κ1) is 21.7. The zero-order valence-electron chi connectivity index (χ0n) is 15.0. The maximum absolute atomic E-state index is 11.5. The Bertz CT molecular complexity index is 323. The van der Waals surface area contributed by atoms with Gasteiger partial charge in [-0.05, 0) is 19.3 Å². The van der Waals surface area contributed by atoms with Gasteiger partial charge in [0.25, 0.3) is 0 Å². The van der Waals surface area contributed by atoms with E-state index in [0.29, 0.717) is 13.2 Å². The quantitative estimate of drug-likeness (QED) is 0.242. The third-order valence-electron chi connectivity index (χ3n) is 3.49. The van der Waals surface area contributed by atoms with Crippen molar-refractivity contribution in [1.29, 1.82) is 0 Å². The summed E-state index contributed by atoms with van der Waals surface area (Å²) >= 11 is 0. The highest BCUT2D eigenvalue weighted by molar-refractivity contribution is 5.77. The molecule has 0 fully saturated rings. The molecule has 0 saturated carbocycles. The van der Waals surface area contributed by atoms with E-state index in [-0.39, 0.29) is 24.8 Å². The molecule has 0 unspecified atom stereocenters. The van der Waals surface area contributed by atoms with Crippen LogP contribution in [0.1, 0.15) is 84.5 Å². The second kappa shape index (κ2) is 17.0. The van der Waals surface area contributed by atoms with Crippen LogP contribution in [0.2, 0.25) is 0 Å². The smallest absolute Gasteiger partial charge is 0.306 e. The SMILES string of the molecule is CC/C=C\CCOC(=O)CCC(=O)OCCCCCCCCC. The van der Waals surface area contributed by atoms with Crippen LogP contribution in [0, 0.1) is 0 Å². The maximum Gasteiger partial charge on any atom is 0.306 e. The molecule has 0 aliphatic heterocycles. The summed E-state index contributed by atoms with van der Waals surface area (Å²) in [4.78, 5) is 22.9. The van der Waals surface area contributed by atoms with Crippen molar-refractivity contribution in [2.45, 2.75) is 84.5 Å². The number of hydrogen-bond donors (Lipinski definition) is 0. The number of ether oxygens (including phenoxy) is 2. The molecule has 0 heterocycles. The fourth-order valence-corrected chi connectivity index (χ4v) is 2.12. The van der Waals surface area contributed by atoms with Crippen LogP contribution in [-0.2, 0) is 19.1 Å². The van der Waals surface area contributed by atoms with Gasteiger partial charge in [-0.2, -0.15) is 0 Å². The van der Waals surface area contributed by atoms with E-state index in [9.17, 15) is 9.59 Å². The Hall–Kier alpha value is -1.32. The fraction of sp³-hybridized carbons (Fsp3) is 0.789. The molecule has 0 aromatic rings. The summed E-state index contributed by atoms with van der Waals surface area (Å²) in [5.41, 5.74) is 0.